The van der Waals surface area contributed by atoms with Gasteiger partial charge in [0.25, 0.3) is 5.91 Å². The first-order valence-corrected chi connectivity index (χ1v) is 13.3. The summed E-state index contributed by atoms with van der Waals surface area (Å²) in [5.41, 5.74) is 2.30. The van der Waals surface area contributed by atoms with Crippen LogP contribution in [-0.2, 0) is 17.8 Å². The third kappa shape index (κ3) is 4.88. The number of amides is 2. The number of nitrogens with one attached hydrogen (secondary N) is 2. The minimum absolute atomic E-state index is 0.107. The van der Waals surface area contributed by atoms with E-state index in [2.05, 4.69) is 15.5 Å². The summed E-state index contributed by atoms with van der Waals surface area (Å²) in [7, 11) is 0. The van der Waals surface area contributed by atoms with Crippen molar-refractivity contribution in [3.05, 3.63) is 47.7 Å². The molecule has 202 valence electrons. The number of imidazole rings is 1. The number of carbonyl (C=O) groups excluding carboxylic acids is 2. The average molecular weight is 530 g/mol. The Kier molecular flexibility index (Phi) is 6.14. The summed E-state index contributed by atoms with van der Waals surface area (Å²) in [6, 6.07) is 3.06. The summed E-state index contributed by atoms with van der Waals surface area (Å²) < 4.78 is 42.5. The second kappa shape index (κ2) is 9.39. The molecule has 3 fully saturated rings. The molecular weight excluding hydrogens is 499 g/mol. The molecule has 3 aromatic heterocycles. The molecule has 0 aromatic carbocycles. The second-order valence-electron chi connectivity index (χ2n) is 10.8. The van der Waals surface area contributed by atoms with Crippen LogP contribution in [0.2, 0.25) is 0 Å². The second-order valence-corrected chi connectivity index (χ2v) is 10.8. The molecule has 1 aliphatic heterocycles. The van der Waals surface area contributed by atoms with Gasteiger partial charge in [-0.2, -0.15) is 23.4 Å². The van der Waals surface area contributed by atoms with Gasteiger partial charge >= 0.3 is 6.18 Å². The molecule has 2 amide bonds. The minimum atomic E-state index is -4.46. The lowest BCUT2D eigenvalue weighted by atomic mass is 9.87. The number of hydrogen-bond donors (Lipinski definition) is 2. The Morgan fingerprint density at radius 1 is 1.18 bits per heavy atom. The highest BCUT2D eigenvalue weighted by Gasteiger charge is 2.48. The lowest BCUT2D eigenvalue weighted by Gasteiger charge is -2.27. The van der Waals surface area contributed by atoms with E-state index >= 15 is 0 Å². The first kappa shape index (κ1) is 24.9. The van der Waals surface area contributed by atoms with E-state index in [0.717, 1.165) is 25.7 Å². The molecule has 38 heavy (non-hydrogen) atoms. The molecule has 6 rings (SSSR count). The third-order valence-electron chi connectivity index (χ3n) is 8.02. The Morgan fingerprint density at radius 2 is 1.92 bits per heavy atom. The lowest BCUT2D eigenvalue weighted by molar-refractivity contribution is -0.154. The zero-order valence-corrected chi connectivity index (χ0v) is 21.0. The third-order valence-corrected chi connectivity index (χ3v) is 8.02. The summed E-state index contributed by atoms with van der Waals surface area (Å²) in [5, 5.41) is 14.1. The van der Waals surface area contributed by atoms with Gasteiger partial charge in [-0.15, -0.1) is 0 Å². The number of aryl methyl sites for hydroxylation is 1. The SMILES string of the molecule is CCn1nccc1C(=O)N[C@H](c1cn2nc(CC3C[C@@H](C(F)(F)F)NC3=O)ccc2n1)C(C1CC1)C1CC1. The van der Waals surface area contributed by atoms with Crippen LogP contribution in [0.15, 0.2) is 30.6 Å². The van der Waals surface area contributed by atoms with Crippen molar-refractivity contribution in [2.45, 2.75) is 70.3 Å². The van der Waals surface area contributed by atoms with Crippen LogP contribution in [0.25, 0.3) is 5.65 Å². The van der Waals surface area contributed by atoms with E-state index in [1.54, 1.807) is 39.8 Å². The number of alkyl halides is 3. The lowest BCUT2D eigenvalue weighted by Crippen LogP contribution is -2.38. The highest BCUT2D eigenvalue weighted by atomic mass is 19.4. The van der Waals surface area contributed by atoms with E-state index in [-0.39, 0.29) is 30.7 Å². The summed E-state index contributed by atoms with van der Waals surface area (Å²) in [5.74, 6) is -0.231. The largest absolute Gasteiger partial charge is 0.408 e. The number of halogens is 3. The highest BCUT2D eigenvalue weighted by molar-refractivity contribution is 5.92. The molecule has 1 unspecified atom stereocenters. The maximum atomic E-state index is 13.3. The standard InChI is InChI=1S/C26H30F3N7O2/c1-2-35-19(9-10-30-35)25(38)33-23(22(14-3-4-14)15-5-6-15)18-13-36-21(31-18)8-7-17(34-36)11-16-12-20(26(27,28)29)32-24(16)37/h7-10,13-16,20,22-23H,2-6,11-12H2,1H3,(H,32,37)(H,33,38)/t16?,20-,23+/m0/s1. The van der Waals surface area contributed by atoms with Crippen LogP contribution in [0, 0.1) is 23.7 Å². The van der Waals surface area contributed by atoms with Crippen molar-refractivity contribution in [2.24, 2.45) is 23.7 Å². The van der Waals surface area contributed by atoms with Crippen molar-refractivity contribution in [1.29, 1.82) is 0 Å². The summed E-state index contributed by atoms with van der Waals surface area (Å²) in [6.07, 6.45) is 3.31. The van der Waals surface area contributed by atoms with E-state index in [0.29, 0.717) is 41.1 Å². The number of aromatic nitrogens is 5. The van der Waals surface area contributed by atoms with Gasteiger partial charge in [-0.1, -0.05) is 0 Å². The molecule has 2 N–H and O–H groups in total. The van der Waals surface area contributed by atoms with Crippen LogP contribution in [0.5, 0.6) is 0 Å². The number of nitrogens with zero attached hydrogens (tertiary/aromatic N) is 5. The van der Waals surface area contributed by atoms with Crippen LogP contribution in [-0.4, -0.2) is 48.4 Å². The van der Waals surface area contributed by atoms with E-state index < -0.39 is 24.0 Å². The fourth-order valence-corrected chi connectivity index (χ4v) is 5.83. The number of carbonyl (C=O) groups is 2. The van der Waals surface area contributed by atoms with Gasteiger partial charge < -0.3 is 10.6 Å². The first-order chi connectivity index (χ1) is 18.2. The highest BCUT2D eigenvalue weighted by Crippen LogP contribution is 2.54. The average Bonchev–Trinajstić information content (AvgIpc) is 3.76. The molecule has 3 atom stereocenters. The fourth-order valence-electron chi connectivity index (χ4n) is 5.83. The Balaban J connectivity index is 1.26. The molecule has 3 aliphatic rings. The zero-order valence-electron chi connectivity index (χ0n) is 21.0. The predicted molar refractivity (Wildman–Crippen MR) is 130 cm³/mol. The number of fused-ring (bicyclic) bond motifs is 1. The molecule has 2 aliphatic carbocycles. The Labute approximate surface area is 217 Å². The normalized spacial score (nSPS) is 22.7. The molecule has 0 radical (unpaired) electrons. The van der Waals surface area contributed by atoms with Crippen LogP contribution >= 0.6 is 0 Å². The molecule has 2 saturated carbocycles. The smallest absolute Gasteiger partial charge is 0.344 e. The van der Waals surface area contributed by atoms with Gasteiger partial charge in [0.15, 0.2) is 5.65 Å². The monoisotopic (exact) mass is 529 g/mol. The topological polar surface area (TPSA) is 106 Å². The maximum Gasteiger partial charge on any atom is 0.408 e. The Bertz CT molecular complexity index is 1350. The van der Waals surface area contributed by atoms with Crippen molar-refractivity contribution < 1.29 is 22.8 Å². The molecular formula is C26H30F3N7O2. The van der Waals surface area contributed by atoms with Gasteiger partial charge in [0, 0.05) is 25.1 Å². The van der Waals surface area contributed by atoms with Gasteiger partial charge in [0.1, 0.15) is 11.7 Å². The van der Waals surface area contributed by atoms with Crippen LogP contribution in [0.3, 0.4) is 0 Å². The number of hydrogen-bond acceptors (Lipinski definition) is 5. The van der Waals surface area contributed by atoms with Crippen LogP contribution in [0.1, 0.15) is 66.9 Å². The first-order valence-electron chi connectivity index (χ1n) is 13.3. The summed E-state index contributed by atoms with van der Waals surface area (Å²) >= 11 is 0. The quantitative estimate of drug-likeness (QED) is 0.442. The van der Waals surface area contributed by atoms with Gasteiger partial charge in [-0.05, 0) is 75.0 Å². The van der Waals surface area contributed by atoms with Crippen molar-refractivity contribution in [1.82, 2.24) is 35.0 Å². The molecule has 9 nitrogen and oxygen atoms in total. The Hall–Kier alpha value is -3.44. The van der Waals surface area contributed by atoms with Crippen molar-refractivity contribution in [3.8, 4) is 0 Å². The van der Waals surface area contributed by atoms with E-state index in [1.807, 2.05) is 12.2 Å². The summed E-state index contributed by atoms with van der Waals surface area (Å²) in [6.45, 7) is 2.52. The molecule has 0 spiro atoms. The van der Waals surface area contributed by atoms with Gasteiger partial charge in [-0.25, -0.2) is 9.50 Å². The van der Waals surface area contributed by atoms with Gasteiger partial charge in [0.05, 0.1) is 23.6 Å². The maximum absolute atomic E-state index is 13.3. The number of rotatable bonds is 9. The molecule has 1 saturated heterocycles. The predicted octanol–water partition coefficient (Wildman–Crippen LogP) is 3.46. The van der Waals surface area contributed by atoms with Gasteiger partial charge in [-0.3, -0.25) is 14.3 Å². The van der Waals surface area contributed by atoms with E-state index in [4.69, 9.17) is 4.98 Å². The van der Waals surface area contributed by atoms with Crippen molar-refractivity contribution in [3.63, 3.8) is 0 Å². The van der Waals surface area contributed by atoms with Crippen molar-refractivity contribution in [2.75, 3.05) is 0 Å². The van der Waals surface area contributed by atoms with E-state index in [1.165, 1.54) is 0 Å². The van der Waals surface area contributed by atoms with Gasteiger partial charge in [0.2, 0.25) is 5.91 Å². The van der Waals surface area contributed by atoms with Crippen LogP contribution in [0.4, 0.5) is 13.2 Å². The van der Waals surface area contributed by atoms with E-state index in [9.17, 15) is 22.8 Å². The Morgan fingerprint density at radius 3 is 2.55 bits per heavy atom. The molecule has 0 bridgehead atoms. The molecule has 3 aromatic rings. The van der Waals surface area contributed by atoms with Crippen LogP contribution < -0.4 is 10.6 Å². The molecule has 12 heteroatoms. The summed E-state index contributed by atoms with van der Waals surface area (Å²) in [4.78, 5) is 30.3. The molecule has 4 heterocycles. The minimum Gasteiger partial charge on any atom is -0.344 e. The zero-order chi connectivity index (χ0) is 26.6. The van der Waals surface area contributed by atoms with Crippen molar-refractivity contribution >= 4 is 17.5 Å². The fraction of sp³-hybridized carbons (Fsp3) is 0.577.